The van der Waals surface area contributed by atoms with E-state index in [4.69, 9.17) is 5.26 Å². The van der Waals surface area contributed by atoms with Crippen molar-refractivity contribution in [3.8, 4) is 6.19 Å². The Morgan fingerprint density at radius 1 is 1.58 bits per heavy atom. The number of nitriles is 1. The van der Waals surface area contributed by atoms with Gasteiger partial charge in [0.05, 0.1) is 7.11 Å². The molecule has 0 bridgehead atoms. The highest BCUT2D eigenvalue weighted by Gasteiger charge is 2.30. The predicted octanol–water partition coefficient (Wildman–Crippen LogP) is 0.412. The van der Waals surface area contributed by atoms with E-state index in [2.05, 4.69) is 10.1 Å². The van der Waals surface area contributed by atoms with E-state index < -0.39 is 18.1 Å². The van der Waals surface area contributed by atoms with Crippen LogP contribution >= 0.6 is 0 Å². The molecule has 104 valence electrons. The van der Waals surface area contributed by atoms with Crippen LogP contribution in [0.4, 0.5) is 0 Å². The first kappa shape index (κ1) is 15.0. The first-order chi connectivity index (χ1) is 8.99. The lowest BCUT2D eigenvalue weighted by atomic mass is 10.0. The SMILES string of the molecule is COC(=O)[C@H](CC(C)C)NC(=O)[C@@H]1C=CCN1C#N. The van der Waals surface area contributed by atoms with Crippen LogP contribution in [-0.2, 0) is 14.3 Å². The molecule has 0 aromatic heterocycles. The lowest BCUT2D eigenvalue weighted by Crippen LogP contribution is -2.49. The molecule has 1 aliphatic rings. The molecule has 1 aliphatic heterocycles. The molecule has 0 saturated carbocycles. The molecule has 2 atom stereocenters. The van der Waals surface area contributed by atoms with Gasteiger partial charge in [-0.2, -0.15) is 5.26 Å². The van der Waals surface area contributed by atoms with Crippen molar-refractivity contribution in [2.45, 2.75) is 32.4 Å². The van der Waals surface area contributed by atoms with Gasteiger partial charge in [0.2, 0.25) is 5.91 Å². The molecular weight excluding hydrogens is 246 g/mol. The first-order valence-electron chi connectivity index (χ1n) is 6.20. The van der Waals surface area contributed by atoms with Crippen LogP contribution in [0.15, 0.2) is 12.2 Å². The smallest absolute Gasteiger partial charge is 0.328 e. The fraction of sp³-hybridized carbons (Fsp3) is 0.615. The molecule has 0 unspecified atom stereocenters. The van der Waals surface area contributed by atoms with Gasteiger partial charge in [-0.15, -0.1) is 0 Å². The largest absolute Gasteiger partial charge is 0.467 e. The van der Waals surface area contributed by atoms with Crippen LogP contribution in [0.3, 0.4) is 0 Å². The second kappa shape index (κ2) is 6.78. The first-order valence-corrected chi connectivity index (χ1v) is 6.20. The predicted molar refractivity (Wildman–Crippen MR) is 68.6 cm³/mol. The molecule has 0 fully saturated rings. The number of nitrogens with one attached hydrogen (secondary N) is 1. The van der Waals surface area contributed by atoms with Gasteiger partial charge < -0.3 is 10.1 Å². The highest BCUT2D eigenvalue weighted by atomic mass is 16.5. The van der Waals surface area contributed by atoms with Crippen LogP contribution in [0.2, 0.25) is 0 Å². The lowest BCUT2D eigenvalue weighted by molar-refractivity contribution is -0.145. The van der Waals surface area contributed by atoms with Crippen LogP contribution in [0, 0.1) is 17.4 Å². The van der Waals surface area contributed by atoms with Gasteiger partial charge in [-0.25, -0.2) is 4.79 Å². The Bertz CT molecular complexity index is 412. The van der Waals surface area contributed by atoms with Crippen molar-refractivity contribution in [2.24, 2.45) is 5.92 Å². The molecule has 1 heterocycles. The van der Waals surface area contributed by atoms with Gasteiger partial charge in [0.15, 0.2) is 6.19 Å². The van der Waals surface area contributed by atoms with Crippen molar-refractivity contribution >= 4 is 11.9 Å². The highest BCUT2D eigenvalue weighted by molar-refractivity contribution is 5.89. The van der Waals surface area contributed by atoms with Gasteiger partial charge in [-0.05, 0) is 12.3 Å². The van der Waals surface area contributed by atoms with Crippen molar-refractivity contribution in [3.05, 3.63) is 12.2 Å². The average molecular weight is 265 g/mol. The van der Waals surface area contributed by atoms with Crippen molar-refractivity contribution in [1.29, 1.82) is 5.26 Å². The van der Waals surface area contributed by atoms with E-state index in [1.165, 1.54) is 12.0 Å². The summed E-state index contributed by atoms with van der Waals surface area (Å²) in [6, 6.07) is -1.31. The number of nitrogens with zero attached hydrogens (tertiary/aromatic N) is 2. The zero-order valence-electron chi connectivity index (χ0n) is 11.4. The van der Waals surface area contributed by atoms with Crippen molar-refractivity contribution in [3.63, 3.8) is 0 Å². The molecule has 1 rings (SSSR count). The average Bonchev–Trinajstić information content (AvgIpc) is 2.84. The summed E-state index contributed by atoms with van der Waals surface area (Å²) in [6.45, 7) is 4.33. The number of esters is 1. The zero-order valence-corrected chi connectivity index (χ0v) is 11.4. The quantitative estimate of drug-likeness (QED) is 0.442. The third kappa shape index (κ3) is 3.98. The Balaban J connectivity index is 2.68. The molecule has 0 aromatic carbocycles. The summed E-state index contributed by atoms with van der Waals surface area (Å²) in [4.78, 5) is 25.0. The Kier molecular flexibility index (Phi) is 5.37. The minimum atomic E-state index is -0.674. The zero-order chi connectivity index (χ0) is 14.4. The Morgan fingerprint density at radius 3 is 2.79 bits per heavy atom. The summed E-state index contributed by atoms with van der Waals surface area (Å²) >= 11 is 0. The third-order valence-electron chi connectivity index (χ3n) is 2.86. The Labute approximate surface area is 113 Å². The lowest BCUT2D eigenvalue weighted by Gasteiger charge is -2.22. The van der Waals surface area contributed by atoms with Crippen LogP contribution < -0.4 is 5.32 Å². The number of ether oxygens (including phenoxy) is 1. The fourth-order valence-corrected chi connectivity index (χ4v) is 1.94. The maximum atomic E-state index is 12.1. The van der Waals surface area contributed by atoms with Gasteiger partial charge >= 0.3 is 5.97 Å². The van der Waals surface area contributed by atoms with E-state index in [0.29, 0.717) is 13.0 Å². The fourth-order valence-electron chi connectivity index (χ4n) is 1.94. The summed E-state index contributed by atoms with van der Waals surface area (Å²) in [7, 11) is 1.29. The topological polar surface area (TPSA) is 82.4 Å². The van der Waals surface area contributed by atoms with Gasteiger partial charge in [-0.3, -0.25) is 9.69 Å². The molecule has 0 aliphatic carbocycles. The monoisotopic (exact) mass is 265 g/mol. The number of carbonyl (C=O) groups is 2. The van der Waals surface area contributed by atoms with Gasteiger partial charge in [0.25, 0.3) is 0 Å². The van der Waals surface area contributed by atoms with Crippen LogP contribution in [0.1, 0.15) is 20.3 Å². The summed E-state index contributed by atoms with van der Waals surface area (Å²) in [5, 5.41) is 11.5. The number of hydrogen-bond donors (Lipinski definition) is 1. The van der Waals surface area contributed by atoms with Crippen LogP contribution in [-0.4, -0.2) is 42.5 Å². The molecule has 6 nitrogen and oxygen atoms in total. The molecule has 1 amide bonds. The minimum absolute atomic E-state index is 0.246. The molecule has 19 heavy (non-hydrogen) atoms. The second-order valence-corrected chi connectivity index (χ2v) is 4.84. The standard InChI is InChI=1S/C13H19N3O3/c1-9(2)7-10(13(18)19-3)15-12(17)11-5-4-6-16(11)8-14/h4-5,9-11H,6-7H2,1-3H3,(H,15,17)/t10-,11-/m0/s1. The number of hydrogen-bond acceptors (Lipinski definition) is 5. The minimum Gasteiger partial charge on any atom is -0.467 e. The Morgan fingerprint density at radius 2 is 2.26 bits per heavy atom. The Hall–Kier alpha value is -2.03. The van der Waals surface area contributed by atoms with E-state index in [0.717, 1.165) is 0 Å². The maximum Gasteiger partial charge on any atom is 0.328 e. The highest BCUT2D eigenvalue weighted by Crippen LogP contribution is 2.11. The van der Waals surface area contributed by atoms with Gasteiger partial charge in [0, 0.05) is 6.54 Å². The summed E-state index contributed by atoms with van der Waals surface area (Å²) in [5.74, 6) is -0.575. The molecule has 1 N–H and O–H groups in total. The number of carbonyl (C=O) groups excluding carboxylic acids is 2. The van der Waals surface area contributed by atoms with E-state index in [-0.39, 0.29) is 11.8 Å². The molecule has 6 heteroatoms. The van der Waals surface area contributed by atoms with Gasteiger partial charge in [0.1, 0.15) is 12.1 Å². The van der Waals surface area contributed by atoms with Crippen molar-refractivity contribution < 1.29 is 14.3 Å². The number of methoxy groups -OCH3 is 1. The van der Waals surface area contributed by atoms with E-state index in [9.17, 15) is 9.59 Å². The maximum absolute atomic E-state index is 12.1. The summed E-state index contributed by atoms with van der Waals surface area (Å²) < 4.78 is 4.68. The molecular formula is C13H19N3O3. The summed E-state index contributed by atoms with van der Waals surface area (Å²) in [6.07, 6.45) is 5.86. The second-order valence-electron chi connectivity index (χ2n) is 4.84. The van der Waals surface area contributed by atoms with Crippen LogP contribution in [0.25, 0.3) is 0 Å². The van der Waals surface area contributed by atoms with E-state index in [1.54, 1.807) is 12.2 Å². The third-order valence-corrected chi connectivity index (χ3v) is 2.86. The summed E-state index contributed by atoms with van der Waals surface area (Å²) in [5.41, 5.74) is 0. The normalized spacial score (nSPS) is 19.1. The molecule has 0 radical (unpaired) electrons. The van der Waals surface area contributed by atoms with Crippen molar-refractivity contribution in [2.75, 3.05) is 13.7 Å². The number of amides is 1. The van der Waals surface area contributed by atoms with Crippen molar-refractivity contribution in [1.82, 2.24) is 10.2 Å². The molecule has 0 spiro atoms. The number of rotatable bonds is 5. The molecule has 0 saturated heterocycles. The van der Waals surface area contributed by atoms with Gasteiger partial charge in [-0.1, -0.05) is 26.0 Å². The van der Waals surface area contributed by atoms with E-state index in [1.807, 2.05) is 20.0 Å². The van der Waals surface area contributed by atoms with Crippen LogP contribution in [0.5, 0.6) is 0 Å². The molecule has 0 aromatic rings. The van der Waals surface area contributed by atoms with E-state index >= 15 is 0 Å².